The van der Waals surface area contributed by atoms with Crippen molar-refractivity contribution in [2.24, 2.45) is 0 Å². The normalized spacial score (nSPS) is 12.6. The number of nitrogens with zero attached hydrogens (tertiary/aromatic N) is 1. The van der Waals surface area contributed by atoms with E-state index in [-0.39, 0.29) is 25.0 Å². The molecular weight excluding hydrogens is 418 g/mol. The Bertz CT molecular complexity index is 1190. The van der Waals surface area contributed by atoms with Gasteiger partial charge in [-0.15, -0.1) is 0 Å². The fourth-order valence-electron chi connectivity index (χ4n) is 3.85. The summed E-state index contributed by atoms with van der Waals surface area (Å²) in [7, 11) is 0. The minimum Gasteiger partial charge on any atom is -0.481 e. The molecule has 1 heterocycles. The van der Waals surface area contributed by atoms with Gasteiger partial charge in [0.25, 0.3) is 11.8 Å². The third kappa shape index (κ3) is 4.65. The Morgan fingerprint density at radius 1 is 0.818 bits per heavy atom. The van der Waals surface area contributed by atoms with Crippen LogP contribution < -0.4 is 9.47 Å². The van der Waals surface area contributed by atoms with E-state index in [2.05, 4.69) is 0 Å². The molecule has 0 unspecified atom stereocenters. The molecule has 0 radical (unpaired) electrons. The maximum Gasteiger partial charge on any atom is 0.349 e. The Morgan fingerprint density at radius 2 is 1.42 bits per heavy atom. The lowest BCUT2D eigenvalue weighted by Gasteiger charge is -2.14. The third-order valence-corrected chi connectivity index (χ3v) is 5.87. The van der Waals surface area contributed by atoms with Gasteiger partial charge in [0, 0.05) is 6.54 Å². The van der Waals surface area contributed by atoms with E-state index in [0.717, 1.165) is 22.3 Å². The molecular formula is C27H25NO5. The van der Waals surface area contributed by atoms with E-state index in [0.29, 0.717) is 29.0 Å². The zero-order valence-electron chi connectivity index (χ0n) is 18.9. The van der Waals surface area contributed by atoms with Gasteiger partial charge < -0.3 is 9.47 Å². The van der Waals surface area contributed by atoms with Gasteiger partial charge in [-0.05, 0) is 73.7 Å². The van der Waals surface area contributed by atoms with Crippen LogP contribution in [0.5, 0.6) is 11.5 Å². The van der Waals surface area contributed by atoms with Gasteiger partial charge in [0.05, 0.1) is 11.1 Å². The van der Waals surface area contributed by atoms with Gasteiger partial charge in [-0.3, -0.25) is 14.5 Å². The summed E-state index contributed by atoms with van der Waals surface area (Å²) in [5, 5.41) is 0. The Morgan fingerprint density at radius 3 is 2.06 bits per heavy atom. The number of hydrogen-bond donors (Lipinski definition) is 0. The van der Waals surface area contributed by atoms with Crippen molar-refractivity contribution in [3.05, 3.63) is 94.0 Å². The summed E-state index contributed by atoms with van der Waals surface area (Å²) in [6.07, 6.45) is 0.509. The van der Waals surface area contributed by atoms with Crippen LogP contribution in [0.25, 0.3) is 0 Å². The molecule has 0 saturated carbocycles. The lowest BCUT2D eigenvalue weighted by Crippen LogP contribution is -2.31. The maximum atomic E-state index is 12.5. The van der Waals surface area contributed by atoms with Gasteiger partial charge in [0.15, 0.2) is 6.61 Å². The van der Waals surface area contributed by atoms with Crippen LogP contribution in [-0.2, 0) is 11.2 Å². The number of hydrogen-bond acceptors (Lipinski definition) is 5. The molecule has 0 saturated heterocycles. The van der Waals surface area contributed by atoms with E-state index in [1.165, 1.54) is 4.90 Å². The summed E-state index contributed by atoms with van der Waals surface area (Å²) >= 11 is 0. The largest absolute Gasteiger partial charge is 0.481 e. The number of ether oxygens (including phenoxy) is 2. The van der Waals surface area contributed by atoms with Crippen molar-refractivity contribution in [2.45, 2.75) is 27.2 Å². The first-order valence-corrected chi connectivity index (χ1v) is 10.8. The molecule has 2 amide bonds. The zero-order chi connectivity index (χ0) is 23.5. The average molecular weight is 443 g/mol. The molecule has 0 N–H and O–H groups in total. The van der Waals surface area contributed by atoms with E-state index in [1.807, 2.05) is 45.0 Å². The Kier molecular flexibility index (Phi) is 6.27. The van der Waals surface area contributed by atoms with Gasteiger partial charge in [-0.2, -0.15) is 0 Å². The molecule has 168 valence electrons. The van der Waals surface area contributed by atoms with Gasteiger partial charge in [-0.25, -0.2) is 4.79 Å². The highest BCUT2D eigenvalue weighted by Crippen LogP contribution is 2.26. The van der Waals surface area contributed by atoms with Crippen LogP contribution in [0, 0.1) is 20.8 Å². The molecule has 6 heteroatoms. The Hall–Kier alpha value is -3.93. The minimum atomic E-state index is -0.492. The van der Waals surface area contributed by atoms with Crippen LogP contribution in [0.2, 0.25) is 0 Å². The van der Waals surface area contributed by atoms with Crippen LogP contribution in [0.1, 0.15) is 43.0 Å². The number of amides is 2. The zero-order valence-corrected chi connectivity index (χ0v) is 18.9. The lowest BCUT2D eigenvalue weighted by molar-refractivity contribution is -0.136. The average Bonchev–Trinajstić information content (AvgIpc) is 3.06. The van der Waals surface area contributed by atoms with Crippen molar-refractivity contribution >= 4 is 17.8 Å². The summed E-state index contributed by atoms with van der Waals surface area (Å²) < 4.78 is 11.1. The summed E-state index contributed by atoms with van der Waals surface area (Å²) in [4.78, 5) is 38.4. The molecule has 1 aliphatic heterocycles. The molecule has 0 fully saturated rings. The number of aryl methyl sites for hydroxylation is 2. The molecule has 3 aromatic carbocycles. The minimum absolute atomic E-state index is 0.188. The Labute approximate surface area is 192 Å². The molecule has 1 aliphatic rings. The van der Waals surface area contributed by atoms with Crippen LogP contribution in [-0.4, -0.2) is 35.8 Å². The van der Waals surface area contributed by atoms with Crippen molar-refractivity contribution in [2.75, 3.05) is 13.2 Å². The Balaban J connectivity index is 1.30. The lowest BCUT2D eigenvalue weighted by atomic mass is 10.1. The first-order valence-electron chi connectivity index (χ1n) is 10.8. The second kappa shape index (κ2) is 9.28. The molecule has 6 nitrogen and oxygen atoms in total. The van der Waals surface area contributed by atoms with Crippen LogP contribution in [0.15, 0.2) is 60.7 Å². The molecule has 0 aromatic heterocycles. The predicted octanol–water partition coefficient (Wildman–Crippen LogP) is 4.43. The quantitative estimate of drug-likeness (QED) is 0.307. The van der Waals surface area contributed by atoms with E-state index in [4.69, 9.17) is 9.47 Å². The summed E-state index contributed by atoms with van der Waals surface area (Å²) in [6, 6.07) is 17.8. The number of carbonyl (C=O) groups excluding carboxylic acids is 3. The third-order valence-electron chi connectivity index (χ3n) is 5.87. The van der Waals surface area contributed by atoms with Crippen molar-refractivity contribution in [1.82, 2.24) is 4.90 Å². The maximum absolute atomic E-state index is 12.5. The number of carbonyl (C=O) groups is 3. The molecule has 0 aliphatic carbocycles. The van der Waals surface area contributed by atoms with Crippen LogP contribution >= 0.6 is 0 Å². The SMILES string of the molecule is Cc1ccc(C)c(OCC(=O)Oc2ccc(CCN3C(=O)c4ccccc4C3=O)cc2)c1C. The molecule has 3 aromatic rings. The van der Waals surface area contributed by atoms with Crippen molar-refractivity contribution < 1.29 is 23.9 Å². The highest BCUT2D eigenvalue weighted by atomic mass is 16.6. The van der Waals surface area contributed by atoms with Crippen LogP contribution in [0.4, 0.5) is 0 Å². The van der Waals surface area contributed by atoms with Crippen molar-refractivity contribution in [1.29, 1.82) is 0 Å². The standard InChI is InChI=1S/C27H25NO5/c1-17-8-9-18(2)25(19(17)3)32-16-24(29)33-21-12-10-20(11-13-21)14-15-28-26(30)22-6-4-5-7-23(22)27(28)31/h4-13H,14-16H2,1-3H3. The highest BCUT2D eigenvalue weighted by molar-refractivity contribution is 6.21. The number of fused-ring (bicyclic) bond motifs is 1. The molecule has 0 spiro atoms. The van der Waals surface area contributed by atoms with E-state index < -0.39 is 5.97 Å². The van der Waals surface area contributed by atoms with Crippen molar-refractivity contribution in [3.8, 4) is 11.5 Å². The number of imide groups is 1. The van der Waals surface area contributed by atoms with Gasteiger partial charge in [0.2, 0.25) is 0 Å². The van der Waals surface area contributed by atoms with Crippen LogP contribution in [0.3, 0.4) is 0 Å². The molecule has 0 atom stereocenters. The monoisotopic (exact) mass is 443 g/mol. The first-order chi connectivity index (χ1) is 15.8. The van der Waals surface area contributed by atoms with Gasteiger partial charge in [0.1, 0.15) is 11.5 Å². The molecule has 0 bridgehead atoms. The fourth-order valence-corrected chi connectivity index (χ4v) is 3.85. The number of esters is 1. The smallest absolute Gasteiger partial charge is 0.349 e. The number of rotatable bonds is 7. The van der Waals surface area contributed by atoms with E-state index in [1.54, 1.807) is 36.4 Å². The highest BCUT2D eigenvalue weighted by Gasteiger charge is 2.34. The first kappa shape index (κ1) is 22.3. The van der Waals surface area contributed by atoms with Gasteiger partial charge >= 0.3 is 5.97 Å². The van der Waals surface area contributed by atoms with Gasteiger partial charge in [-0.1, -0.05) is 36.4 Å². The number of benzene rings is 3. The summed E-state index contributed by atoms with van der Waals surface area (Å²) in [5.41, 5.74) is 4.89. The van der Waals surface area contributed by atoms with Crippen molar-refractivity contribution in [3.63, 3.8) is 0 Å². The summed E-state index contributed by atoms with van der Waals surface area (Å²) in [6.45, 7) is 5.99. The topological polar surface area (TPSA) is 72.9 Å². The molecule has 4 rings (SSSR count). The predicted molar refractivity (Wildman–Crippen MR) is 124 cm³/mol. The molecule has 33 heavy (non-hydrogen) atoms. The second-order valence-corrected chi connectivity index (χ2v) is 8.12. The fraction of sp³-hybridized carbons (Fsp3) is 0.222. The van der Waals surface area contributed by atoms with E-state index >= 15 is 0 Å². The second-order valence-electron chi connectivity index (χ2n) is 8.12. The summed E-state index contributed by atoms with van der Waals surface area (Å²) in [5.74, 6) is 0.0933. The van der Waals surface area contributed by atoms with E-state index in [9.17, 15) is 14.4 Å².